The van der Waals surface area contributed by atoms with Crippen molar-refractivity contribution in [2.45, 2.75) is 55.9 Å². The number of hydrogen-bond donors (Lipinski definition) is 1. The maximum atomic E-state index is 13.1. The van der Waals surface area contributed by atoms with Crippen LogP contribution in [0.15, 0.2) is 54.6 Å². The summed E-state index contributed by atoms with van der Waals surface area (Å²) in [5, 5.41) is 10.0. The van der Waals surface area contributed by atoms with E-state index >= 15 is 0 Å². The van der Waals surface area contributed by atoms with Crippen LogP contribution >= 0.6 is 0 Å². The molecule has 3 aliphatic rings. The van der Waals surface area contributed by atoms with Gasteiger partial charge < -0.3 is 10.0 Å². The summed E-state index contributed by atoms with van der Waals surface area (Å²) in [5.41, 5.74) is 2.66. The van der Waals surface area contributed by atoms with E-state index < -0.39 is 10.0 Å². The number of piperazine rings is 1. The second-order valence-electron chi connectivity index (χ2n) is 9.96. The Hall–Kier alpha value is -2.66. The topological polar surface area (TPSA) is 77.9 Å². The van der Waals surface area contributed by atoms with Crippen molar-refractivity contribution < 1.29 is 18.3 Å². The van der Waals surface area contributed by atoms with Crippen molar-refractivity contribution in [3.8, 4) is 11.8 Å². The predicted molar refractivity (Wildman–Crippen MR) is 135 cm³/mol. The molecule has 0 aromatic heterocycles. The van der Waals surface area contributed by atoms with Gasteiger partial charge in [-0.25, -0.2) is 8.42 Å². The Balaban J connectivity index is 1.30. The molecule has 6 nitrogen and oxygen atoms in total. The molecular weight excluding hydrogens is 460 g/mol. The van der Waals surface area contributed by atoms with Gasteiger partial charge in [-0.2, -0.15) is 4.31 Å². The SMILES string of the molecule is O=C1CN(S(=O)(=O)Cc2ccccc2)C[C@@H]2[C@H](c3ccc(C#CCC4CCCC4)cc3)[C@@H](CO)N12. The van der Waals surface area contributed by atoms with E-state index in [-0.39, 0.29) is 49.4 Å². The number of nitrogens with zero attached hydrogens (tertiary/aromatic N) is 2. The highest BCUT2D eigenvalue weighted by Gasteiger charge is 2.55. The Bertz CT molecular complexity index is 1210. The van der Waals surface area contributed by atoms with E-state index in [1.165, 1.54) is 30.0 Å². The van der Waals surface area contributed by atoms with Crippen molar-refractivity contribution in [2.24, 2.45) is 5.92 Å². The standard InChI is InChI=1S/C28H32N2O4S/c31-19-26-28(24-15-13-22(14-16-24)12-6-11-21-7-4-5-8-21)25-17-29(18-27(32)30(25)26)35(33,34)20-23-9-2-1-3-10-23/h1-3,9-10,13-16,21,25-26,28,31H,4-5,7-8,11,17-20H2/t25-,26-,28+/m1/s1. The van der Waals surface area contributed by atoms with Crippen LogP contribution in [0.25, 0.3) is 0 Å². The van der Waals surface area contributed by atoms with Gasteiger partial charge in [0.1, 0.15) is 0 Å². The normalized spacial score (nSPS) is 25.0. The number of aliphatic hydroxyl groups is 1. The number of aliphatic hydroxyl groups excluding tert-OH is 1. The van der Waals surface area contributed by atoms with E-state index in [0.29, 0.717) is 5.56 Å². The summed E-state index contributed by atoms with van der Waals surface area (Å²) in [6, 6.07) is 16.4. The van der Waals surface area contributed by atoms with Gasteiger partial charge in [0, 0.05) is 24.4 Å². The minimum Gasteiger partial charge on any atom is -0.394 e. The van der Waals surface area contributed by atoms with Crippen LogP contribution in [-0.4, -0.2) is 60.4 Å². The summed E-state index contributed by atoms with van der Waals surface area (Å²) in [6.45, 7) is -0.0813. The van der Waals surface area contributed by atoms with Crippen LogP contribution in [0.1, 0.15) is 54.7 Å². The maximum absolute atomic E-state index is 13.1. The first-order valence-corrected chi connectivity index (χ1v) is 14.1. The van der Waals surface area contributed by atoms with Gasteiger partial charge >= 0.3 is 0 Å². The summed E-state index contributed by atoms with van der Waals surface area (Å²) in [7, 11) is -3.64. The highest BCUT2D eigenvalue weighted by atomic mass is 32.2. The number of rotatable bonds is 6. The summed E-state index contributed by atoms with van der Waals surface area (Å²) >= 11 is 0. The third kappa shape index (κ3) is 5.02. The van der Waals surface area contributed by atoms with Gasteiger partial charge in [0.15, 0.2) is 0 Å². The molecule has 5 rings (SSSR count). The molecule has 7 heteroatoms. The zero-order valence-corrected chi connectivity index (χ0v) is 20.7. The van der Waals surface area contributed by atoms with Crippen molar-refractivity contribution in [3.63, 3.8) is 0 Å². The Kier molecular flexibility index (Phi) is 6.97. The summed E-state index contributed by atoms with van der Waals surface area (Å²) < 4.78 is 27.5. The molecule has 0 radical (unpaired) electrons. The molecular formula is C28H32N2O4S. The fourth-order valence-electron chi connectivity index (χ4n) is 5.86. The summed E-state index contributed by atoms with van der Waals surface area (Å²) in [4.78, 5) is 14.6. The first-order valence-electron chi connectivity index (χ1n) is 12.5. The van der Waals surface area contributed by atoms with Crippen LogP contribution in [0.5, 0.6) is 0 Å². The van der Waals surface area contributed by atoms with E-state index in [1.807, 2.05) is 42.5 Å². The molecule has 2 aromatic rings. The van der Waals surface area contributed by atoms with E-state index in [9.17, 15) is 18.3 Å². The number of carbonyl (C=O) groups excluding carboxylic acids is 1. The number of benzene rings is 2. The molecule has 1 N–H and O–H groups in total. The fourth-order valence-corrected chi connectivity index (χ4v) is 7.34. The molecule has 2 aliphatic heterocycles. The Labute approximate surface area is 208 Å². The molecule has 2 aromatic carbocycles. The Morgan fingerprint density at radius 3 is 2.40 bits per heavy atom. The molecule has 0 unspecified atom stereocenters. The molecule has 3 fully saturated rings. The molecule has 184 valence electrons. The molecule has 35 heavy (non-hydrogen) atoms. The van der Waals surface area contributed by atoms with Gasteiger partial charge in [-0.1, -0.05) is 67.1 Å². The van der Waals surface area contributed by atoms with Crippen molar-refractivity contribution in [2.75, 3.05) is 19.7 Å². The molecule has 0 spiro atoms. The number of fused-ring (bicyclic) bond motifs is 1. The van der Waals surface area contributed by atoms with Crippen molar-refractivity contribution in [1.82, 2.24) is 9.21 Å². The number of sulfonamides is 1. The summed E-state index contributed by atoms with van der Waals surface area (Å²) in [5.74, 6) is 6.82. The first-order chi connectivity index (χ1) is 17.0. The summed E-state index contributed by atoms with van der Waals surface area (Å²) in [6.07, 6.45) is 6.16. The zero-order chi connectivity index (χ0) is 24.4. The average Bonchev–Trinajstić information content (AvgIpc) is 3.35. The van der Waals surface area contributed by atoms with Gasteiger partial charge in [0.2, 0.25) is 15.9 Å². The monoisotopic (exact) mass is 492 g/mol. The van der Waals surface area contributed by atoms with Gasteiger partial charge in [0.25, 0.3) is 0 Å². The third-order valence-electron chi connectivity index (χ3n) is 7.70. The van der Waals surface area contributed by atoms with E-state index in [0.717, 1.165) is 23.5 Å². The fraction of sp³-hybridized carbons (Fsp3) is 0.464. The first kappa shape index (κ1) is 24.1. The molecule has 1 amide bonds. The number of amides is 1. The second-order valence-corrected chi connectivity index (χ2v) is 11.9. The predicted octanol–water partition coefficient (Wildman–Crippen LogP) is 3.12. The quantitative estimate of drug-likeness (QED) is 0.629. The van der Waals surface area contributed by atoms with E-state index in [2.05, 4.69) is 11.8 Å². The smallest absolute Gasteiger partial charge is 0.238 e. The van der Waals surface area contributed by atoms with Crippen LogP contribution in [-0.2, 0) is 20.6 Å². The van der Waals surface area contributed by atoms with Gasteiger partial charge in [-0.05, 0) is 42.0 Å². The molecule has 2 heterocycles. The van der Waals surface area contributed by atoms with Gasteiger partial charge in [-0.3, -0.25) is 4.79 Å². The Morgan fingerprint density at radius 1 is 1.00 bits per heavy atom. The van der Waals surface area contributed by atoms with Crippen LogP contribution < -0.4 is 0 Å². The maximum Gasteiger partial charge on any atom is 0.238 e. The lowest BCUT2D eigenvalue weighted by atomic mass is 9.74. The van der Waals surface area contributed by atoms with Crippen molar-refractivity contribution >= 4 is 15.9 Å². The molecule has 1 aliphatic carbocycles. The van der Waals surface area contributed by atoms with Crippen LogP contribution in [0.2, 0.25) is 0 Å². The average molecular weight is 493 g/mol. The lowest BCUT2D eigenvalue weighted by Gasteiger charge is -2.58. The van der Waals surface area contributed by atoms with E-state index in [4.69, 9.17) is 0 Å². The number of hydrogen-bond acceptors (Lipinski definition) is 4. The lowest BCUT2D eigenvalue weighted by Crippen LogP contribution is -2.73. The van der Waals surface area contributed by atoms with Crippen LogP contribution in [0.4, 0.5) is 0 Å². The van der Waals surface area contributed by atoms with Crippen molar-refractivity contribution in [1.29, 1.82) is 0 Å². The molecule has 2 saturated heterocycles. The third-order valence-corrected chi connectivity index (χ3v) is 9.46. The number of carbonyl (C=O) groups is 1. The molecule has 1 saturated carbocycles. The minimum atomic E-state index is -3.64. The van der Waals surface area contributed by atoms with Crippen molar-refractivity contribution in [3.05, 3.63) is 71.3 Å². The van der Waals surface area contributed by atoms with Crippen LogP contribution in [0.3, 0.4) is 0 Å². The van der Waals surface area contributed by atoms with E-state index in [1.54, 1.807) is 17.0 Å². The minimum absolute atomic E-state index is 0.112. The Morgan fingerprint density at radius 2 is 1.71 bits per heavy atom. The zero-order valence-electron chi connectivity index (χ0n) is 19.8. The van der Waals surface area contributed by atoms with Gasteiger partial charge in [0.05, 0.1) is 31.0 Å². The molecule has 3 atom stereocenters. The second kappa shape index (κ2) is 10.1. The lowest BCUT2D eigenvalue weighted by molar-refractivity contribution is -0.158. The largest absolute Gasteiger partial charge is 0.394 e. The highest BCUT2D eigenvalue weighted by Crippen LogP contribution is 2.43. The van der Waals surface area contributed by atoms with Crippen LogP contribution in [0, 0.1) is 17.8 Å². The molecule has 0 bridgehead atoms. The highest BCUT2D eigenvalue weighted by molar-refractivity contribution is 7.88. The van der Waals surface area contributed by atoms with Gasteiger partial charge in [-0.15, -0.1) is 0 Å².